The SMILES string of the molecule is CN(Cc1ccc(F)cc1)c1ccc(C=O)o1. The summed E-state index contributed by atoms with van der Waals surface area (Å²) in [6, 6.07) is 9.62. The molecule has 17 heavy (non-hydrogen) atoms. The maximum atomic E-state index is 12.7. The van der Waals surface area contributed by atoms with Crippen LogP contribution < -0.4 is 4.90 Å². The molecular formula is C13H12FNO2. The Morgan fingerprint density at radius 2 is 1.94 bits per heavy atom. The summed E-state index contributed by atoms with van der Waals surface area (Å²) in [6.45, 7) is 0.589. The van der Waals surface area contributed by atoms with Gasteiger partial charge in [0.05, 0.1) is 0 Å². The first-order valence-electron chi connectivity index (χ1n) is 5.19. The van der Waals surface area contributed by atoms with Crippen LogP contribution in [-0.2, 0) is 6.54 Å². The summed E-state index contributed by atoms with van der Waals surface area (Å²) in [5, 5.41) is 0. The Kier molecular flexibility index (Phi) is 3.23. The van der Waals surface area contributed by atoms with Gasteiger partial charge in [0.25, 0.3) is 0 Å². The van der Waals surface area contributed by atoms with E-state index in [4.69, 9.17) is 4.42 Å². The number of nitrogens with zero attached hydrogens (tertiary/aromatic N) is 1. The average Bonchev–Trinajstić information content (AvgIpc) is 2.81. The van der Waals surface area contributed by atoms with Gasteiger partial charge in [-0.1, -0.05) is 12.1 Å². The number of hydrogen-bond donors (Lipinski definition) is 0. The number of carbonyl (C=O) groups is 1. The number of hydrogen-bond acceptors (Lipinski definition) is 3. The van der Waals surface area contributed by atoms with E-state index in [1.54, 1.807) is 24.3 Å². The van der Waals surface area contributed by atoms with Crippen molar-refractivity contribution in [3.8, 4) is 0 Å². The van der Waals surface area contributed by atoms with E-state index in [9.17, 15) is 9.18 Å². The number of halogens is 1. The molecule has 88 valence electrons. The predicted octanol–water partition coefficient (Wildman–Crippen LogP) is 2.87. The molecule has 0 atom stereocenters. The number of furan rings is 1. The molecule has 0 amide bonds. The van der Waals surface area contributed by atoms with E-state index < -0.39 is 0 Å². The monoisotopic (exact) mass is 233 g/mol. The number of rotatable bonds is 4. The molecule has 0 spiro atoms. The van der Waals surface area contributed by atoms with Crippen LogP contribution in [0.4, 0.5) is 10.3 Å². The molecule has 0 saturated heterocycles. The van der Waals surface area contributed by atoms with Crippen LogP contribution in [0.25, 0.3) is 0 Å². The highest BCUT2D eigenvalue weighted by molar-refractivity contribution is 5.71. The molecule has 2 rings (SSSR count). The second-order valence-electron chi connectivity index (χ2n) is 3.78. The Bertz CT molecular complexity index is 504. The molecule has 0 aliphatic heterocycles. The van der Waals surface area contributed by atoms with Crippen LogP contribution in [0.5, 0.6) is 0 Å². The minimum atomic E-state index is -0.252. The maximum Gasteiger partial charge on any atom is 0.196 e. The molecule has 2 aromatic rings. The van der Waals surface area contributed by atoms with Gasteiger partial charge in [-0.05, 0) is 23.8 Å². The van der Waals surface area contributed by atoms with E-state index >= 15 is 0 Å². The lowest BCUT2D eigenvalue weighted by atomic mass is 10.2. The molecule has 1 aromatic heterocycles. The summed E-state index contributed by atoms with van der Waals surface area (Å²) < 4.78 is 18.0. The van der Waals surface area contributed by atoms with Gasteiger partial charge in [-0.15, -0.1) is 0 Å². The smallest absolute Gasteiger partial charge is 0.196 e. The van der Waals surface area contributed by atoms with Crippen LogP contribution in [0.2, 0.25) is 0 Å². The minimum Gasteiger partial charge on any atom is -0.438 e. The zero-order valence-electron chi connectivity index (χ0n) is 9.39. The summed E-state index contributed by atoms with van der Waals surface area (Å²) in [4.78, 5) is 12.3. The Balaban J connectivity index is 2.08. The van der Waals surface area contributed by atoms with Gasteiger partial charge in [-0.25, -0.2) is 4.39 Å². The van der Waals surface area contributed by atoms with Crippen molar-refractivity contribution >= 4 is 12.2 Å². The fourth-order valence-electron chi connectivity index (χ4n) is 1.55. The summed E-state index contributed by atoms with van der Waals surface area (Å²) in [5.41, 5.74) is 0.970. The molecule has 0 N–H and O–H groups in total. The average molecular weight is 233 g/mol. The minimum absolute atomic E-state index is 0.252. The normalized spacial score (nSPS) is 10.2. The number of benzene rings is 1. The number of anilines is 1. The Morgan fingerprint density at radius 1 is 1.24 bits per heavy atom. The van der Waals surface area contributed by atoms with E-state index in [0.717, 1.165) is 5.56 Å². The van der Waals surface area contributed by atoms with E-state index in [1.807, 2.05) is 11.9 Å². The van der Waals surface area contributed by atoms with Gasteiger partial charge in [0.15, 0.2) is 17.9 Å². The van der Waals surface area contributed by atoms with Crippen LogP contribution >= 0.6 is 0 Å². The molecule has 0 radical (unpaired) electrons. The third-order valence-electron chi connectivity index (χ3n) is 2.44. The molecule has 0 bridgehead atoms. The summed E-state index contributed by atoms with van der Waals surface area (Å²) in [6.07, 6.45) is 0.662. The molecule has 3 nitrogen and oxygen atoms in total. The standard InChI is InChI=1S/C13H12FNO2/c1-15(13-7-6-12(9-16)17-13)8-10-2-4-11(14)5-3-10/h2-7,9H,8H2,1H3. The zero-order chi connectivity index (χ0) is 12.3. The maximum absolute atomic E-state index is 12.7. The first kappa shape index (κ1) is 11.4. The molecule has 0 aliphatic carbocycles. The van der Waals surface area contributed by atoms with Crippen LogP contribution in [0, 0.1) is 5.82 Å². The molecular weight excluding hydrogens is 221 g/mol. The number of carbonyl (C=O) groups excluding carboxylic acids is 1. The van der Waals surface area contributed by atoms with Gasteiger partial charge in [0, 0.05) is 19.7 Å². The third kappa shape index (κ3) is 2.72. The Labute approximate surface area is 98.5 Å². The first-order valence-corrected chi connectivity index (χ1v) is 5.19. The van der Waals surface area contributed by atoms with E-state index in [-0.39, 0.29) is 5.82 Å². The van der Waals surface area contributed by atoms with Crippen molar-refractivity contribution in [3.05, 3.63) is 53.5 Å². The van der Waals surface area contributed by atoms with Crippen molar-refractivity contribution in [2.24, 2.45) is 0 Å². The zero-order valence-corrected chi connectivity index (χ0v) is 9.39. The molecule has 1 aromatic carbocycles. The molecule has 0 aliphatic rings. The highest BCUT2D eigenvalue weighted by Gasteiger charge is 2.07. The van der Waals surface area contributed by atoms with Crippen molar-refractivity contribution in [3.63, 3.8) is 0 Å². The van der Waals surface area contributed by atoms with E-state index in [0.29, 0.717) is 24.5 Å². The molecule has 1 heterocycles. The van der Waals surface area contributed by atoms with Gasteiger partial charge < -0.3 is 9.32 Å². The van der Waals surface area contributed by atoms with E-state index in [2.05, 4.69) is 0 Å². The summed E-state index contributed by atoms with van der Waals surface area (Å²) in [7, 11) is 1.84. The van der Waals surface area contributed by atoms with Gasteiger partial charge in [-0.2, -0.15) is 0 Å². The van der Waals surface area contributed by atoms with Gasteiger partial charge >= 0.3 is 0 Å². The Hall–Kier alpha value is -2.10. The lowest BCUT2D eigenvalue weighted by Gasteiger charge is -2.15. The van der Waals surface area contributed by atoms with Crippen LogP contribution in [0.3, 0.4) is 0 Å². The largest absolute Gasteiger partial charge is 0.438 e. The molecule has 0 saturated carbocycles. The van der Waals surface area contributed by atoms with Gasteiger partial charge in [0.2, 0.25) is 0 Å². The fourth-order valence-corrected chi connectivity index (χ4v) is 1.55. The van der Waals surface area contributed by atoms with Crippen molar-refractivity contribution in [2.75, 3.05) is 11.9 Å². The highest BCUT2D eigenvalue weighted by Crippen LogP contribution is 2.18. The van der Waals surface area contributed by atoms with Crippen LogP contribution in [-0.4, -0.2) is 13.3 Å². The highest BCUT2D eigenvalue weighted by atomic mass is 19.1. The van der Waals surface area contributed by atoms with E-state index in [1.165, 1.54) is 12.1 Å². The topological polar surface area (TPSA) is 33.5 Å². The quantitative estimate of drug-likeness (QED) is 0.761. The first-order chi connectivity index (χ1) is 8.19. The summed E-state index contributed by atoms with van der Waals surface area (Å²) >= 11 is 0. The molecule has 4 heteroatoms. The van der Waals surface area contributed by atoms with Crippen molar-refractivity contribution in [2.45, 2.75) is 6.54 Å². The predicted molar refractivity (Wildman–Crippen MR) is 62.6 cm³/mol. The van der Waals surface area contributed by atoms with Crippen molar-refractivity contribution in [1.82, 2.24) is 0 Å². The second kappa shape index (κ2) is 4.82. The van der Waals surface area contributed by atoms with Crippen molar-refractivity contribution < 1.29 is 13.6 Å². The Morgan fingerprint density at radius 3 is 2.53 bits per heavy atom. The van der Waals surface area contributed by atoms with Gasteiger partial charge in [0.1, 0.15) is 5.82 Å². The van der Waals surface area contributed by atoms with Crippen molar-refractivity contribution in [1.29, 1.82) is 0 Å². The lowest BCUT2D eigenvalue weighted by Crippen LogP contribution is -2.15. The van der Waals surface area contributed by atoms with Crippen LogP contribution in [0.15, 0.2) is 40.8 Å². The lowest BCUT2D eigenvalue weighted by molar-refractivity contribution is 0.110. The second-order valence-corrected chi connectivity index (χ2v) is 3.78. The molecule has 0 fully saturated rings. The number of aldehydes is 1. The van der Waals surface area contributed by atoms with Gasteiger partial charge in [-0.3, -0.25) is 4.79 Å². The molecule has 0 unspecified atom stereocenters. The fraction of sp³-hybridized carbons (Fsp3) is 0.154. The van der Waals surface area contributed by atoms with Crippen LogP contribution in [0.1, 0.15) is 16.1 Å². The third-order valence-corrected chi connectivity index (χ3v) is 2.44. The summed E-state index contributed by atoms with van der Waals surface area (Å²) in [5.74, 6) is 0.653.